The fraction of sp³-hybridized carbons (Fsp3) is 0.0952. The zero-order valence-corrected chi connectivity index (χ0v) is 14.5. The third kappa shape index (κ3) is 3.62. The van der Waals surface area contributed by atoms with Gasteiger partial charge in [0.25, 0.3) is 0 Å². The van der Waals surface area contributed by atoms with Crippen LogP contribution in [0.1, 0.15) is 11.1 Å². The molecule has 5 heteroatoms. The molecule has 3 aromatic carbocycles. The molecule has 0 aliphatic carbocycles. The molecular formula is C21H19NO4. The minimum absolute atomic E-state index is 0.0457. The molecule has 0 unspecified atom stereocenters. The molecule has 0 aliphatic heterocycles. The summed E-state index contributed by atoms with van der Waals surface area (Å²) in [6.07, 6.45) is 3.38. The van der Waals surface area contributed by atoms with Gasteiger partial charge >= 0.3 is 0 Å². The summed E-state index contributed by atoms with van der Waals surface area (Å²) in [6.45, 7) is 0. The van der Waals surface area contributed by atoms with Crippen LogP contribution in [-0.4, -0.2) is 30.2 Å². The van der Waals surface area contributed by atoms with Gasteiger partial charge < -0.3 is 19.8 Å². The van der Waals surface area contributed by atoms with E-state index >= 15 is 0 Å². The van der Waals surface area contributed by atoms with Crippen LogP contribution >= 0.6 is 0 Å². The molecule has 0 fully saturated rings. The Kier molecular flexibility index (Phi) is 5.08. The number of ether oxygens (including phenoxy) is 2. The van der Waals surface area contributed by atoms with Crippen LogP contribution < -0.4 is 9.47 Å². The number of oxime groups is 1. The SMILES string of the molecule is COc1cc(/C=C/C(=N\O)c2cc3ccccc3cc2O)cc(OC)c1. The zero-order chi connectivity index (χ0) is 18.5. The van der Waals surface area contributed by atoms with E-state index in [4.69, 9.17) is 9.47 Å². The van der Waals surface area contributed by atoms with Crippen LogP contribution in [0.3, 0.4) is 0 Å². The lowest BCUT2D eigenvalue weighted by Gasteiger charge is -2.07. The van der Waals surface area contributed by atoms with E-state index in [1.54, 1.807) is 44.6 Å². The number of nitrogens with zero attached hydrogens (tertiary/aromatic N) is 1. The van der Waals surface area contributed by atoms with Crippen LogP contribution in [0.2, 0.25) is 0 Å². The van der Waals surface area contributed by atoms with Crippen molar-refractivity contribution in [2.75, 3.05) is 14.2 Å². The molecule has 2 N–H and O–H groups in total. The molecule has 0 amide bonds. The number of methoxy groups -OCH3 is 2. The molecule has 0 heterocycles. The van der Waals surface area contributed by atoms with Gasteiger partial charge in [-0.05, 0) is 46.7 Å². The lowest BCUT2D eigenvalue weighted by Crippen LogP contribution is -1.98. The third-order valence-electron chi connectivity index (χ3n) is 4.06. The highest BCUT2D eigenvalue weighted by Crippen LogP contribution is 2.27. The number of rotatable bonds is 5. The van der Waals surface area contributed by atoms with E-state index in [1.165, 1.54) is 0 Å². The second-order valence-corrected chi connectivity index (χ2v) is 5.68. The maximum absolute atomic E-state index is 10.3. The van der Waals surface area contributed by atoms with Crippen molar-refractivity contribution in [1.82, 2.24) is 0 Å². The van der Waals surface area contributed by atoms with E-state index in [0.29, 0.717) is 17.1 Å². The van der Waals surface area contributed by atoms with Gasteiger partial charge in [-0.15, -0.1) is 0 Å². The quantitative estimate of drug-likeness (QED) is 0.405. The van der Waals surface area contributed by atoms with Gasteiger partial charge in [-0.25, -0.2) is 0 Å². The second kappa shape index (κ2) is 7.61. The predicted octanol–water partition coefficient (Wildman–Crippen LogP) is 4.45. The number of allylic oxidation sites excluding steroid dienone is 1. The Balaban J connectivity index is 1.98. The molecule has 0 saturated carbocycles. The van der Waals surface area contributed by atoms with E-state index in [0.717, 1.165) is 16.3 Å². The molecule has 132 valence electrons. The smallest absolute Gasteiger partial charge is 0.125 e. The summed E-state index contributed by atoms with van der Waals surface area (Å²) >= 11 is 0. The topological polar surface area (TPSA) is 71.3 Å². The van der Waals surface area contributed by atoms with Crippen LogP contribution in [0.25, 0.3) is 16.8 Å². The maximum Gasteiger partial charge on any atom is 0.125 e. The monoisotopic (exact) mass is 349 g/mol. The van der Waals surface area contributed by atoms with Gasteiger partial charge in [0.05, 0.1) is 14.2 Å². The van der Waals surface area contributed by atoms with Gasteiger partial charge in [-0.1, -0.05) is 35.5 Å². The number of fused-ring (bicyclic) bond motifs is 1. The highest BCUT2D eigenvalue weighted by Gasteiger charge is 2.09. The van der Waals surface area contributed by atoms with Crippen molar-refractivity contribution in [2.45, 2.75) is 0 Å². The van der Waals surface area contributed by atoms with Gasteiger partial charge in [0.15, 0.2) is 0 Å². The second-order valence-electron chi connectivity index (χ2n) is 5.68. The largest absolute Gasteiger partial charge is 0.507 e. The van der Waals surface area contributed by atoms with Gasteiger partial charge in [-0.3, -0.25) is 0 Å². The number of phenols is 1. The molecule has 0 atom stereocenters. The summed E-state index contributed by atoms with van der Waals surface area (Å²) in [6, 6.07) is 16.5. The van der Waals surface area contributed by atoms with Crippen LogP contribution in [0, 0.1) is 0 Å². The number of benzene rings is 3. The highest BCUT2D eigenvalue weighted by atomic mass is 16.5. The van der Waals surface area contributed by atoms with Crippen LogP contribution in [-0.2, 0) is 0 Å². The van der Waals surface area contributed by atoms with Crippen molar-refractivity contribution in [1.29, 1.82) is 0 Å². The molecule has 3 aromatic rings. The molecular weight excluding hydrogens is 330 g/mol. The maximum atomic E-state index is 10.3. The Morgan fingerprint density at radius 2 is 1.54 bits per heavy atom. The van der Waals surface area contributed by atoms with E-state index in [1.807, 2.05) is 36.4 Å². The average Bonchev–Trinajstić information content (AvgIpc) is 2.68. The summed E-state index contributed by atoms with van der Waals surface area (Å²) in [7, 11) is 3.16. The van der Waals surface area contributed by atoms with Gasteiger partial charge in [0.1, 0.15) is 23.0 Å². The van der Waals surface area contributed by atoms with Gasteiger partial charge in [-0.2, -0.15) is 0 Å². The summed E-state index contributed by atoms with van der Waals surface area (Å²) in [5.41, 5.74) is 1.50. The number of hydrogen-bond acceptors (Lipinski definition) is 5. The van der Waals surface area contributed by atoms with Crippen molar-refractivity contribution in [2.24, 2.45) is 5.16 Å². The van der Waals surface area contributed by atoms with Gasteiger partial charge in [0.2, 0.25) is 0 Å². The molecule has 0 saturated heterocycles. The molecule has 5 nitrogen and oxygen atoms in total. The molecule has 0 radical (unpaired) electrons. The first-order chi connectivity index (χ1) is 12.6. The Bertz CT molecular complexity index is 970. The van der Waals surface area contributed by atoms with Crippen molar-refractivity contribution >= 4 is 22.6 Å². The minimum Gasteiger partial charge on any atom is -0.507 e. The average molecular weight is 349 g/mol. The summed E-state index contributed by atoms with van der Waals surface area (Å²) in [5.74, 6) is 1.35. The summed E-state index contributed by atoms with van der Waals surface area (Å²) in [4.78, 5) is 0. The fourth-order valence-electron chi connectivity index (χ4n) is 2.71. The Morgan fingerprint density at radius 3 is 2.12 bits per heavy atom. The number of phenolic OH excluding ortho intramolecular Hbond substituents is 1. The first-order valence-electron chi connectivity index (χ1n) is 8.00. The molecule has 0 bridgehead atoms. The Hall–Kier alpha value is -3.47. The Labute approximate surface area is 151 Å². The van der Waals surface area contributed by atoms with E-state index in [2.05, 4.69) is 5.16 Å². The van der Waals surface area contributed by atoms with Crippen molar-refractivity contribution < 1.29 is 19.8 Å². The third-order valence-corrected chi connectivity index (χ3v) is 4.06. The molecule has 0 spiro atoms. The zero-order valence-electron chi connectivity index (χ0n) is 14.5. The van der Waals surface area contributed by atoms with E-state index < -0.39 is 0 Å². The summed E-state index contributed by atoms with van der Waals surface area (Å²) < 4.78 is 10.5. The van der Waals surface area contributed by atoms with Crippen LogP contribution in [0.5, 0.6) is 17.2 Å². The lowest BCUT2D eigenvalue weighted by molar-refractivity contribution is 0.319. The fourth-order valence-corrected chi connectivity index (χ4v) is 2.71. The molecule has 26 heavy (non-hydrogen) atoms. The number of hydrogen-bond donors (Lipinski definition) is 2. The molecule has 0 aromatic heterocycles. The highest BCUT2D eigenvalue weighted by molar-refractivity contribution is 6.13. The van der Waals surface area contributed by atoms with E-state index in [-0.39, 0.29) is 11.5 Å². The van der Waals surface area contributed by atoms with Crippen molar-refractivity contribution in [3.05, 3.63) is 71.8 Å². The predicted molar refractivity (Wildman–Crippen MR) is 103 cm³/mol. The normalized spacial score (nSPS) is 11.8. The van der Waals surface area contributed by atoms with Crippen molar-refractivity contribution in [3.8, 4) is 17.2 Å². The van der Waals surface area contributed by atoms with Gasteiger partial charge in [0, 0.05) is 11.6 Å². The molecule has 3 rings (SSSR count). The summed E-state index contributed by atoms with van der Waals surface area (Å²) in [5, 5.41) is 24.9. The molecule has 0 aliphatic rings. The van der Waals surface area contributed by atoms with Crippen LogP contribution in [0.4, 0.5) is 0 Å². The van der Waals surface area contributed by atoms with E-state index in [9.17, 15) is 10.3 Å². The standard InChI is InChI=1S/C21H19NO4/c1-25-17-9-14(10-18(13-17)26-2)7-8-20(22-24)19-11-15-5-3-4-6-16(15)12-21(19)23/h3-13,23-24H,1-2H3/b8-7+,22-20+. The first kappa shape index (κ1) is 17.4. The number of aromatic hydroxyl groups is 1. The lowest BCUT2D eigenvalue weighted by atomic mass is 10.0. The van der Waals surface area contributed by atoms with Crippen molar-refractivity contribution in [3.63, 3.8) is 0 Å². The first-order valence-corrected chi connectivity index (χ1v) is 8.00. The van der Waals surface area contributed by atoms with Crippen LogP contribution in [0.15, 0.2) is 65.8 Å². The minimum atomic E-state index is 0.0457. The Morgan fingerprint density at radius 1 is 0.923 bits per heavy atom.